The lowest BCUT2D eigenvalue weighted by Crippen LogP contribution is -2.55. The predicted molar refractivity (Wildman–Crippen MR) is 78.9 cm³/mol. The molecule has 0 aromatic heterocycles. The van der Waals surface area contributed by atoms with Gasteiger partial charge in [-0.15, -0.1) is 0 Å². The topological polar surface area (TPSA) is 58.3 Å². The molecule has 1 aliphatic carbocycles. The molecule has 3 nitrogen and oxygen atoms in total. The number of hydrogen-bond acceptors (Lipinski definition) is 3. The van der Waals surface area contributed by atoms with Crippen LogP contribution in [-0.4, -0.2) is 29.8 Å². The molecule has 0 radical (unpaired) electrons. The zero-order valence-electron chi connectivity index (χ0n) is 12.1. The van der Waals surface area contributed by atoms with Crippen LogP contribution in [0.5, 0.6) is 0 Å². The Balaban J connectivity index is 2.02. The van der Waals surface area contributed by atoms with E-state index in [1.807, 2.05) is 12.1 Å². The number of nitrogens with one attached hydrogen (secondary N) is 1. The maximum atomic E-state index is 13.0. The number of halogens is 1. The molecule has 0 heterocycles. The first-order valence-corrected chi connectivity index (χ1v) is 7.39. The summed E-state index contributed by atoms with van der Waals surface area (Å²) in [6.45, 7) is 2.84. The Kier molecular flexibility index (Phi) is 5.13. The maximum Gasteiger partial charge on any atom is 0.123 e. The van der Waals surface area contributed by atoms with Gasteiger partial charge in [0, 0.05) is 24.7 Å². The molecule has 20 heavy (non-hydrogen) atoms. The lowest BCUT2D eigenvalue weighted by molar-refractivity contribution is 0.184. The lowest BCUT2D eigenvalue weighted by atomic mass is 9.90. The Morgan fingerprint density at radius 2 is 2.05 bits per heavy atom. The standard InChI is InChI=1S/C16H25FN2O/c1-16(11-18,9-12-5-7-14(17)8-6-12)19-15-4-2-3-13(15)10-20/h5-8,13,15,19-20H,2-4,9-11,18H2,1H3. The Bertz CT molecular complexity index is 423. The highest BCUT2D eigenvalue weighted by molar-refractivity contribution is 5.19. The summed E-state index contributed by atoms with van der Waals surface area (Å²) < 4.78 is 13.0. The van der Waals surface area contributed by atoms with Gasteiger partial charge in [0.05, 0.1) is 0 Å². The minimum atomic E-state index is -0.222. The second kappa shape index (κ2) is 6.66. The number of nitrogens with two attached hydrogens (primary N) is 1. The first-order chi connectivity index (χ1) is 9.56. The second-order valence-electron chi connectivity index (χ2n) is 6.19. The van der Waals surface area contributed by atoms with Gasteiger partial charge in [-0.3, -0.25) is 0 Å². The molecule has 112 valence electrons. The van der Waals surface area contributed by atoms with E-state index in [1.54, 1.807) is 0 Å². The third kappa shape index (κ3) is 3.78. The van der Waals surface area contributed by atoms with Crippen molar-refractivity contribution in [2.75, 3.05) is 13.2 Å². The van der Waals surface area contributed by atoms with E-state index < -0.39 is 0 Å². The van der Waals surface area contributed by atoms with Crippen LogP contribution in [-0.2, 0) is 6.42 Å². The van der Waals surface area contributed by atoms with E-state index in [0.717, 1.165) is 31.2 Å². The van der Waals surface area contributed by atoms with Crippen molar-refractivity contribution in [3.63, 3.8) is 0 Å². The van der Waals surface area contributed by atoms with Gasteiger partial charge in [-0.2, -0.15) is 0 Å². The van der Waals surface area contributed by atoms with Crippen molar-refractivity contribution in [2.24, 2.45) is 11.7 Å². The molecule has 3 atom stereocenters. The molecule has 3 unspecified atom stereocenters. The quantitative estimate of drug-likeness (QED) is 0.745. The molecule has 4 N–H and O–H groups in total. The average Bonchev–Trinajstić information content (AvgIpc) is 2.88. The summed E-state index contributed by atoms with van der Waals surface area (Å²) in [6.07, 6.45) is 4.08. The molecule has 1 fully saturated rings. The summed E-state index contributed by atoms with van der Waals surface area (Å²) in [4.78, 5) is 0. The maximum absolute atomic E-state index is 13.0. The van der Waals surface area contributed by atoms with Crippen LogP contribution < -0.4 is 11.1 Å². The minimum Gasteiger partial charge on any atom is -0.396 e. The van der Waals surface area contributed by atoms with Gasteiger partial charge in [-0.1, -0.05) is 18.6 Å². The highest BCUT2D eigenvalue weighted by Crippen LogP contribution is 2.27. The summed E-state index contributed by atoms with van der Waals surface area (Å²) in [5, 5.41) is 13.0. The van der Waals surface area contributed by atoms with Gasteiger partial charge in [0.25, 0.3) is 0 Å². The average molecular weight is 280 g/mol. The zero-order chi connectivity index (χ0) is 14.6. The summed E-state index contributed by atoms with van der Waals surface area (Å²) in [6, 6.07) is 6.91. The van der Waals surface area contributed by atoms with Gasteiger partial charge < -0.3 is 16.2 Å². The van der Waals surface area contributed by atoms with E-state index in [1.165, 1.54) is 12.1 Å². The minimum absolute atomic E-state index is 0.215. The van der Waals surface area contributed by atoms with Crippen molar-refractivity contribution >= 4 is 0 Å². The molecular formula is C16H25FN2O. The van der Waals surface area contributed by atoms with E-state index in [0.29, 0.717) is 18.5 Å². The van der Waals surface area contributed by atoms with Crippen LogP contribution in [0.15, 0.2) is 24.3 Å². The van der Waals surface area contributed by atoms with Crippen molar-refractivity contribution in [3.8, 4) is 0 Å². The molecule has 0 spiro atoms. The molecule has 0 bridgehead atoms. The summed E-state index contributed by atoms with van der Waals surface area (Å²) in [7, 11) is 0. The van der Waals surface area contributed by atoms with Gasteiger partial charge in [0.1, 0.15) is 5.82 Å². The number of aliphatic hydroxyl groups excluding tert-OH is 1. The van der Waals surface area contributed by atoms with Gasteiger partial charge in [-0.25, -0.2) is 4.39 Å². The van der Waals surface area contributed by atoms with Crippen molar-refractivity contribution in [3.05, 3.63) is 35.6 Å². The van der Waals surface area contributed by atoms with E-state index >= 15 is 0 Å². The molecule has 0 aliphatic heterocycles. The molecule has 2 rings (SSSR count). The predicted octanol–water partition coefficient (Wildman–Crippen LogP) is 1.84. The van der Waals surface area contributed by atoms with Crippen molar-refractivity contribution < 1.29 is 9.50 Å². The van der Waals surface area contributed by atoms with Crippen LogP contribution in [0.3, 0.4) is 0 Å². The number of hydrogen-bond donors (Lipinski definition) is 3. The Morgan fingerprint density at radius 3 is 2.65 bits per heavy atom. The molecule has 1 aromatic carbocycles. The second-order valence-corrected chi connectivity index (χ2v) is 6.19. The number of aliphatic hydroxyl groups is 1. The van der Waals surface area contributed by atoms with E-state index in [4.69, 9.17) is 5.73 Å². The summed E-state index contributed by atoms with van der Waals surface area (Å²) in [5.74, 6) is 0.112. The largest absolute Gasteiger partial charge is 0.396 e. The summed E-state index contributed by atoms with van der Waals surface area (Å²) >= 11 is 0. The van der Waals surface area contributed by atoms with Crippen LogP contribution in [0.2, 0.25) is 0 Å². The first-order valence-electron chi connectivity index (χ1n) is 7.39. The molecule has 1 aliphatic rings. The van der Waals surface area contributed by atoms with Gasteiger partial charge in [-0.05, 0) is 49.8 Å². The SMILES string of the molecule is CC(CN)(Cc1ccc(F)cc1)NC1CCCC1CO. The lowest BCUT2D eigenvalue weighted by Gasteiger charge is -2.35. The van der Waals surface area contributed by atoms with E-state index in [2.05, 4.69) is 12.2 Å². The Hall–Kier alpha value is -0.970. The molecule has 0 saturated heterocycles. The zero-order valence-corrected chi connectivity index (χ0v) is 12.1. The normalized spacial score (nSPS) is 25.6. The van der Waals surface area contributed by atoms with Crippen molar-refractivity contribution in [2.45, 2.75) is 44.2 Å². The van der Waals surface area contributed by atoms with E-state index in [-0.39, 0.29) is 18.0 Å². The van der Waals surface area contributed by atoms with Crippen LogP contribution in [0.1, 0.15) is 31.7 Å². The summed E-state index contributed by atoms with van der Waals surface area (Å²) in [5.41, 5.74) is 6.80. The van der Waals surface area contributed by atoms with Crippen molar-refractivity contribution in [1.82, 2.24) is 5.32 Å². The smallest absolute Gasteiger partial charge is 0.123 e. The molecule has 0 amide bonds. The van der Waals surface area contributed by atoms with Gasteiger partial charge in [0.15, 0.2) is 0 Å². The van der Waals surface area contributed by atoms with Crippen LogP contribution in [0.4, 0.5) is 4.39 Å². The Labute approximate surface area is 120 Å². The molecular weight excluding hydrogens is 255 g/mol. The number of rotatable bonds is 6. The van der Waals surface area contributed by atoms with Crippen LogP contribution >= 0.6 is 0 Å². The molecule has 1 saturated carbocycles. The van der Waals surface area contributed by atoms with Gasteiger partial charge >= 0.3 is 0 Å². The highest BCUT2D eigenvalue weighted by Gasteiger charge is 2.33. The fraction of sp³-hybridized carbons (Fsp3) is 0.625. The third-order valence-electron chi connectivity index (χ3n) is 4.39. The van der Waals surface area contributed by atoms with Crippen LogP contribution in [0.25, 0.3) is 0 Å². The fourth-order valence-corrected chi connectivity index (χ4v) is 3.13. The monoisotopic (exact) mass is 280 g/mol. The highest BCUT2D eigenvalue weighted by atomic mass is 19.1. The number of benzene rings is 1. The van der Waals surface area contributed by atoms with Crippen molar-refractivity contribution in [1.29, 1.82) is 0 Å². The fourth-order valence-electron chi connectivity index (χ4n) is 3.13. The van der Waals surface area contributed by atoms with Gasteiger partial charge in [0.2, 0.25) is 0 Å². The third-order valence-corrected chi connectivity index (χ3v) is 4.39. The molecule has 4 heteroatoms. The van der Waals surface area contributed by atoms with E-state index in [9.17, 15) is 9.50 Å². The van der Waals surface area contributed by atoms with Crippen LogP contribution in [0, 0.1) is 11.7 Å². The first kappa shape index (κ1) is 15.4. The Morgan fingerprint density at radius 1 is 1.35 bits per heavy atom. The molecule has 1 aromatic rings.